The van der Waals surface area contributed by atoms with Crippen LogP contribution in [-0.4, -0.2) is 12.6 Å². The molecule has 0 saturated heterocycles. The third-order valence-electron chi connectivity index (χ3n) is 1.54. The van der Waals surface area contributed by atoms with E-state index >= 15 is 0 Å². The zero-order chi connectivity index (χ0) is 11.5. The van der Waals surface area contributed by atoms with E-state index < -0.39 is 0 Å². The molecule has 1 rings (SSSR count). The molecule has 3 heteroatoms. The van der Waals surface area contributed by atoms with Gasteiger partial charge in [-0.2, -0.15) is 0 Å². The zero-order valence-electron chi connectivity index (χ0n) is 9.20. The van der Waals surface area contributed by atoms with Gasteiger partial charge in [-0.15, -0.1) is 0 Å². The Hall–Kier alpha value is -1.02. The van der Waals surface area contributed by atoms with Gasteiger partial charge in [-0.3, -0.25) is 4.79 Å². The second-order valence-electron chi connectivity index (χ2n) is 2.99. The van der Waals surface area contributed by atoms with Crippen LogP contribution in [0.2, 0.25) is 5.02 Å². The molecule has 0 fully saturated rings. The summed E-state index contributed by atoms with van der Waals surface area (Å²) >= 11 is 5.54. The highest BCUT2D eigenvalue weighted by Crippen LogP contribution is 2.03. The first-order chi connectivity index (χ1) is 7.16. The van der Waals surface area contributed by atoms with Crippen molar-refractivity contribution in [1.29, 1.82) is 0 Å². The highest BCUT2D eigenvalue weighted by Gasteiger charge is 1.88. The largest absolute Gasteiger partial charge is 0.466 e. The molecule has 15 heavy (non-hydrogen) atoms. The Morgan fingerprint density at radius 1 is 1.33 bits per heavy atom. The number of rotatable bonds is 3. The van der Waals surface area contributed by atoms with Crippen molar-refractivity contribution in [2.24, 2.45) is 0 Å². The van der Waals surface area contributed by atoms with Gasteiger partial charge in [0.2, 0.25) is 0 Å². The molecule has 0 aliphatic carbocycles. The third kappa shape index (κ3) is 10.9. The highest BCUT2D eigenvalue weighted by atomic mass is 35.5. The summed E-state index contributed by atoms with van der Waals surface area (Å²) in [6.45, 7) is 4.06. The van der Waals surface area contributed by atoms with Crippen molar-refractivity contribution in [2.45, 2.75) is 26.7 Å². The molecule has 84 valence electrons. The van der Waals surface area contributed by atoms with E-state index in [-0.39, 0.29) is 5.97 Å². The number of hydrogen-bond donors (Lipinski definition) is 0. The fourth-order valence-electron chi connectivity index (χ4n) is 0.775. The Balaban J connectivity index is 0.000000262. The maximum atomic E-state index is 10.1. The molecule has 0 saturated carbocycles. The highest BCUT2D eigenvalue weighted by molar-refractivity contribution is 6.30. The van der Waals surface area contributed by atoms with E-state index in [0.29, 0.717) is 6.61 Å². The molecule has 0 aliphatic heterocycles. The molecule has 0 N–H and O–H groups in total. The van der Waals surface area contributed by atoms with Crippen LogP contribution in [0.3, 0.4) is 0 Å². The lowest BCUT2D eigenvalue weighted by molar-refractivity contribution is -0.141. The first-order valence-corrected chi connectivity index (χ1v) is 5.38. The van der Waals surface area contributed by atoms with Gasteiger partial charge < -0.3 is 4.74 Å². The van der Waals surface area contributed by atoms with Crippen LogP contribution in [0.4, 0.5) is 0 Å². The lowest BCUT2D eigenvalue weighted by Crippen LogP contribution is -1.99. The number of halogens is 1. The van der Waals surface area contributed by atoms with Gasteiger partial charge in [0.05, 0.1) is 6.61 Å². The molecule has 2 nitrogen and oxygen atoms in total. The van der Waals surface area contributed by atoms with Gasteiger partial charge >= 0.3 is 5.97 Å². The molecular weight excluding hydrogens is 212 g/mol. The topological polar surface area (TPSA) is 26.3 Å². The van der Waals surface area contributed by atoms with Crippen molar-refractivity contribution >= 4 is 17.6 Å². The minimum Gasteiger partial charge on any atom is -0.466 e. The first kappa shape index (κ1) is 14.0. The van der Waals surface area contributed by atoms with E-state index in [1.54, 1.807) is 0 Å². The van der Waals surface area contributed by atoms with Crippen molar-refractivity contribution in [3.8, 4) is 0 Å². The van der Waals surface area contributed by atoms with Gasteiger partial charge in [0.1, 0.15) is 0 Å². The Labute approximate surface area is 96.2 Å². The number of esters is 1. The average Bonchev–Trinajstić information content (AvgIpc) is 2.20. The van der Waals surface area contributed by atoms with E-state index in [2.05, 4.69) is 11.7 Å². The molecule has 0 unspecified atom stereocenters. The van der Waals surface area contributed by atoms with E-state index in [4.69, 9.17) is 11.6 Å². The average molecular weight is 229 g/mol. The van der Waals surface area contributed by atoms with Gasteiger partial charge in [0, 0.05) is 11.9 Å². The molecular formula is C12H17ClO2. The zero-order valence-corrected chi connectivity index (χ0v) is 9.96. The maximum absolute atomic E-state index is 10.1. The Kier molecular flexibility index (Phi) is 8.88. The number of carbonyl (C=O) groups is 1. The number of benzene rings is 1. The number of ether oxygens (including phenoxy) is 1. The van der Waals surface area contributed by atoms with Gasteiger partial charge in [-0.05, 0) is 18.6 Å². The quantitative estimate of drug-likeness (QED) is 0.583. The summed E-state index contributed by atoms with van der Waals surface area (Å²) in [6, 6.07) is 9.44. The third-order valence-corrected chi connectivity index (χ3v) is 1.79. The number of hydrogen-bond acceptors (Lipinski definition) is 2. The van der Waals surface area contributed by atoms with E-state index in [1.807, 2.05) is 30.3 Å². The van der Waals surface area contributed by atoms with Gasteiger partial charge in [0.15, 0.2) is 0 Å². The van der Waals surface area contributed by atoms with Crippen molar-refractivity contribution in [3.63, 3.8) is 0 Å². The predicted octanol–water partition coefficient (Wildman–Crippen LogP) is 3.69. The van der Waals surface area contributed by atoms with Crippen LogP contribution < -0.4 is 0 Å². The smallest absolute Gasteiger partial charge is 0.302 e. The Bertz CT molecular complexity index is 260. The van der Waals surface area contributed by atoms with Gasteiger partial charge in [-0.1, -0.05) is 43.1 Å². The number of unbranched alkanes of at least 4 members (excludes halogenated alkanes) is 1. The van der Waals surface area contributed by atoms with Crippen LogP contribution in [0, 0.1) is 0 Å². The summed E-state index contributed by atoms with van der Waals surface area (Å²) < 4.78 is 4.64. The Morgan fingerprint density at radius 2 is 1.93 bits per heavy atom. The Morgan fingerprint density at radius 3 is 2.27 bits per heavy atom. The molecule has 0 bridgehead atoms. The fourth-order valence-corrected chi connectivity index (χ4v) is 0.920. The summed E-state index contributed by atoms with van der Waals surface area (Å²) in [5.41, 5.74) is 0. The minimum atomic E-state index is -0.182. The monoisotopic (exact) mass is 228 g/mol. The lowest BCUT2D eigenvalue weighted by atomic mass is 10.4. The van der Waals surface area contributed by atoms with Crippen LogP contribution in [0.15, 0.2) is 30.3 Å². The van der Waals surface area contributed by atoms with E-state index in [9.17, 15) is 4.79 Å². The molecule has 0 atom stereocenters. The van der Waals surface area contributed by atoms with Crippen molar-refractivity contribution in [2.75, 3.05) is 6.61 Å². The standard InChI is InChI=1S/C6H5Cl.C6H12O2/c7-6-4-2-1-3-5-6;1-3-4-5-8-6(2)7/h1-5H;3-5H2,1-2H3. The van der Waals surface area contributed by atoms with Crippen molar-refractivity contribution < 1.29 is 9.53 Å². The molecule has 0 spiro atoms. The van der Waals surface area contributed by atoms with Crippen LogP contribution in [0.1, 0.15) is 26.7 Å². The van der Waals surface area contributed by atoms with Crippen LogP contribution in [0.25, 0.3) is 0 Å². The maximum Gasteiger partial charge on any atom is 0.302 e. The molecule has 0 amide bonds. The number of carbonyl (C=O) groups excluding carboxylic acids is 1. The van der Waals surface area contributed by atoms with Gasteiger partial charge in [-0.25, -0.2) is 0 Å². The first-order valence-electron chi connectivity index (χ1n) is 5.00. The lowest BCUT2D eigenvalue weighted by Gasteiger charge is -1.96. The van der Waals surface area contributed by atoms with Crippen LogP contribution in [-0.2, 0) is 9.53 Å². The summed E-state index contributed by atoms with van der Waals surface area (Å²) in [5.74, 6) is -0.182. The van der Waals surface area contributed by atoms with Gasteiger partial charge in [0.25, 0.3) is 0 Å². The second kappa shape index (κ2) is 9.53. The molecule has 1 aromatic rings. The molecule has 1 aromatic carbocycles. The minimum absolute atomic E-state index is 0.182. The summed E-state index contributed by atoms with van der Waals surface area (Å²) in [5, 5.41) is 0.794. The van der Waals surface area contributed by atoms with Crippen molar-refractivity contribution in [3.05, 3.63) is 35.4 Å². The molecule has 0 aliphatic rings. The SMILES string of the molecule is CCCCOC(C)=O.Clc1ccccc1. The fraction of sp³-hybridized carbons (Fsp3) is 0.417. The summed E-state index contributed by atoms with van der Waals surface area (Å²) in [6.07, 6.45) is 2.05. The van der Waals surface area contributed by atoms with Crippen LogP contribution >= 0.6 is 11.6 Å². The van der Waals surface area contributed by atoms with E-state index in [0.717, 1.165) is 17.9 Å². The molecule has 0 aromatic heterocycles. The predicted molar refractivity (Wildman–Crippen MR) is 63.0 cm³/mol. The van der Waals surface area contributed by atoms with Crippen molar-refractivity contribution in [1.82, 2.24) is 0 Å². The molecule has 0 heterocycles. The summed E-state index contributed by atoms with van der Waals surface area (Å²) in [4.78, 5) is 10.1. The molecule has 0 radical (unpaired) electrons. The van der Waals surface area contributed by atoms with E-state index in [1.165, 1.54) is 6.92 Å². The normalized spacial score (nSPS) is 8.73. The summed E-state index contributed by atoms with van der Waals surface area (Å²) in [7, 11) is 0. The second-order valence-corrected chi connectivity index (χ2v) is 3.43. The van der Waals surface area contributed by atoms with Crippen LogP contribution in [0.5, 0.6) is 0 Å².